The summed E-state index contributed by atoms with van der Waals surface area (Å²) in [6, 6.07) is 0. The maximum absolute atomic E-state index is 11.2. The highest BCUT2D eigenvalue weighted by Crippen LogP contribution is 2.26. The van der Waals surface area contributed by atoms with Crippen LogP contribution in [0, 0.1) is 5.41 Å². The van der Waals surface area contributed by atoms with Gasteiger partial charge in [0.2, 0.25) is 0 Å². The molecule has 1 saturated heterocycles. The second kappa shape index (κ2) is 3.34. The molecule has 1 rings (SSSR count). The van der Waals surface area contributed by atoms with Gasteiger partial charge in [-0.1, -0.05) is 13.8 Å². The average molecular weight is 191 g/mol. The van der Waals surface area contributed by atoms with E-state index in [0.29, 0.717) is 5.75 Å². The molecular weight excluding hydrogens is 174 g/mol. The van der Waals surface area contributed by atoms with Crippen LogP contribution in [0.4, 0.5) is 0 Å². The average Bonchev–Trinajstić information content (AvgIpc) is 1.98. The number of rotatable bonds is 4. The molecular formula is C8H17NO2S. The fourth-order valence-corrected chi connectivity index (χ4v) is 2.37. The van der Waals surface area contributed by atoms with Crippen LogP contribution in [0.15, 0.2) is 0 Å². The Kier molecular flexibility index (Phi) is 2.78. The summed E-state index contributed by atoms with van der Waals surface area (Å²) in [4.78, 5) is 0. The summed E-state index contributed by atoms with van der Waals surface area (Å²) in [6.07, 6.45) is 0.802. The van der Waals surface area contributed by atoms with E-state index in [1.54, 1.807) is 6.92 Å². The van der Waals surface area contributed by atoms with Gasteiger partial charge in [0, 0.05) is 18.8 Å². The normalized spacial score (nSPS) is 21.8. The SMILES string of the molecule is CCS(=O)(=O)CCC1(C)CNC1. The van der Waals surface area contributed by atoms with Crippen molar-refractivity contribution >= 4 is 9.84 Å². The van der Waals surface area contributed by atoms with Crippen LogP contribution in [0.1, 0.15) is 20.3 Å². The van der Waals surface area contributed by atoms with E-state index in [1.165, 1.54) is 0 Å². The Labute approximate surface area is 74.5 Å². The van der Waals surface area contributed by atoms with Crippen molar-refractivity contribution in [2.45, 2.75) is 20.3 Å². The lowest BCUT2D eigenvalue weighted by molar-refractivity contribution is 0.189. The quantitative estimate of drug-likeness (QED) is 0.700. The molecule has 12 heavy (non-hydrogen) atoms. The van der Waals surface area contributed by atoms with Gasteiger partial charge in [0.1, 0.15) is 9.84 Å². The van der Waals surface area contributed by atoms with E-state index in [2.05, 4.69) is 12.2 Å². The first-order valence-corrected chi connectivity index (χ1v) is 6.21. The lowest BCUT2D eigenvalue weighted by Gasteiger charge is -2.39. The summed E-state index contributed by atoms with van der Waals surface area (Å²) in [5.41, 5.74) is 0.238. The highest BCUT2D eigenvalue weighted by molar-refractivity contribution is 7.91. The van der Waals surface area contributed by atoms with Gasteiger partial charge in [-0.2, -0.15) is 0 Å². The molecule has 1 aliphatic heterocycles. The smallest absolute Gasteiger partial charge is 0.150 e. The Morgan fingerprint density at radius 1 is 1.42 bits per heavy atom. The zero-order valence-electron chi connectivity index (χ0n) is 7.76. The zero-order chi connectivity index (χ0) is 9.24. The van der Waals surface area contributed by atoms with Crippen LogP contribution < -0.4 is 5.32 Å². The van der Waals surface area contributed by atoms with E-state index in [4.69, 9.17) is 0 Å². The molecule has 4 heteroatoms. The molecule has 0 aromatic carbocycles. The van der Waals surface area contributed by atoms with Gasteiger partial charge < -0.3 is 5.32 Å². The molecule has 0 saturated carbocycles. The number of hydrogen-bond donors (Lipinski definition) is 1. The van der Waals surface area contributed by atoms with Crippen LogP contribution in [-0.4, -0.2) is 33.0 Å². The van der Waals surface area contributed by atoms with Crippen molar-refractivity contribution in [3.8, 4) is 0 Å². The predicted molar refractivity (Wildman–Crippen MR) is 49.9 cm³/mol. The van der Waals surface area contributed by atoms with Gasteiger partial charge in [-0.3, -0.25) is 0 Å². The van der Waals surface area contributed by atoms with E-state index >= 15 is 0 Å². The first-order valence-electron chi connectivity index (χ1n) is 4.39. The van der Waals surface area contributed by atoms with Crippen molar-refractivity contribution in [1.29, 1.82) is 0 Å². The standard InChI is InChI=1S/C8H17NO2S/c1-3-12(10,11)5-4-8(2)6-9-7-8/h9H,3-7H2,1-2H3. The van der Waals surface area contributed by atoms with Crippen molar-refractivity contribution in [2.75, 3.05) is 24.6 Å². The Bertz CT molecular complexity index is 242. The molecule has 72 valence electrons. The zero-order valence-corrected chi connectivity index (χ0v) is 8.58. The van der Waals surface area contributed by atoms with Crippen molar-refractivity contribution in [1.82, 2.24) is 5.32 Å². The van der Waals surface area contributed by atoms with E-state index in [9.17, 15) is 8.42 Å². The summed E-state index contributed by atoms with van der Waals surface area (Å²) in [5, 5.41) is 3.16. The van der Waals surface area contributed by atoms with E-state index in [0.717, 1.165) is 19.5 Å². The highest BCUT2D eigenvalue weighted by atomic mass is 32.2. The lowest BCUT2D eigenvalue weighted by atomic mass is 9.82. The lowest BCUT2D eigenvalue weighted by Crippen LogP contribution is -2.52. The number of sulfone groups is 1. The van der Waals surface area contributed by atoms with Gasteiger partial charge in [-0.25, -0.2) is 8.42 Å². The van der Waals surface area contributed by atoms with Crippen LogP contribution in [0.3, 0.4) is 0 Å². The molecule has 1 aliphatic rings. The summed E-state index contributed by atoms with van der Waals surface area (Å²) < 4.78 is 22.3. The Morgan fingerprint density at radius 2 is 2.00 bits per heavy atom. The highest BCUT2D eigenvalue weighted by Gasteiger charge is 2.32. The number of hydrogen-bond acceptors (Lipinski definition) is 3. The summed E-state index contributed by atoms with van der Waals surface area (Å²) >= 11 is 0. The first kappa shape index (κ1) is 9.99. The Balaban J connectivity index is 2.35. The van der Waals surface area contributed by atoms with E-state index in [-0.39, 0.29) is 11.2 Å². The maximum Gasteiger partial charge on any atom is 0.150 e. The van der Waals surface area contributed by atoms with Crippen molar-refractivity contribution < 1.29 is 8.42 Å². The molecule has 0 aliphatic carbocycles. The van der Waals surface area contributed by atoms with Crippen LogP contribution in [0.2, 0.25) is 0 Å². The Hall–Kier alpha value is -0.0900. The molecule has 1 heterocycles. The molecule has 0 aromatic heterocycles. The summed E-state index contributed by atoms with van der Waals surface area (Å²) in [7, 11) is -2.76. The molecule has 0 spiro atoms. The molecule has 0 aromatic rings. The Morgan fingerprint density at radius 3 is 2.33 bits per heavy atom. The number of nitrogens with one attached hydrogen (secondary N) is 1. The topological polar surface area (TPSA) is 46.2 Å². The van der Waals surface area contributed by atoms with Gasteiger partial charge in [-0.05, 0) is 11.8 Å². The molecule has 1 N–H and O–H groups in total. The van der Waals surface area contributed by atoms with Crippen LogP contribution in [0.25, 0.3) is 0 Å². The molecule has 0 radical (unpaired) electrons. The second-order valence-electron chi connectivity index (χ2n) is 3.90. The van der Waals surface area contributed by atoms with Gasteiger partial charge in [-0.15, -0.1) is 0 Å². The van der Waals surface area contributed by atoms with Gasteiger partial charge >= 0.3 is 0 Å². The minimum absolute atomic E-state index is 0.238. The first-order chi connectivity index (χ1) is 5.47. The van der Waals surface area contributed by atoms with Crippen molar-refractivity contribution in [3.63, 3.8) is 0 Å². The fraction of sp³-hybridized carbons (Fsp3) is 1.00. The van der Waals surface area contributed by atoms with Crippen molar-refractivity contribution in [2.24, 2.45) is 5.41 Å². The largest absolute Gasteiger partial charge is 0.316 e. The third kappa shape index (κ3) is 2.45. The monoisotopic (exact) mass is 191 g/mol. The summed E-state index contributed by atoms with van der Waals surface area (Å²) in [5.74, 6) is 0.623. The van der Waals surface area contributed by atoms with Crippen LogP contribution in [-0.2, 0) is 9.84 Å². The minimum Gasteiger partial charge on any atom is -0.316 e. The van der Waals surface area contributed by atoms with E-state index in [1.807, 2.05) is 0 Å². The second-order valence-corrected chi connectivity index (χ2v) is 6.37. The third-order valence-electron chi connectivity index (χ3n) is 2.56. The van der Waals surface area contributed by atoms with Gasteiger partial charge in [0.15, 0.2) is 0 Å². The van der Waals surface area contributed by atoms with Gasteiger partial charge in [0.25, 0.3) is 0 Å². The fourth-order valence-electron chi connectivity index (χ4n) is 1.27. The van der Waals surface area contributed by atoms with E-state index < -0.39 is 9.84 Å². The van der Waals surface area contributed by atoms with Crippen LogP contribution in [0.5, 0.6) is 0 Å². The maximum atomic E-state index is 11.2. The molecule has 0 atom stereocenters. The predicted octanol–water partition coefficient (Wildman–Crippen LogP) is 0.421. The molecule has 3 nitrogen and oxygen atoms in total. The van der Waals surface area contributed by atoms with Crippen molar-refractivity contribution in [3.05, 3.63) is 0 Å². The minimum atomic E-state index is -2.76. The molecule has 1 fully saturated rings. The molecule has 0 amide bonds. The molecule has 0 bridgehead atoms. The van der Waals surface area contributed by atoms with Gasteiger partial charge in [0.05, 0.1) is 5.75 Å². The molecule has 0 unspecified atom stereocenters. The summed E-state index contributed by atoms with van der Waals surface area (Å²) in [6.45, 7) is 5.77. The third-order valence-corrected chi connectivity index (χ3v) is 4.27. The van der Waals surface area contributed by atoms with Crippen LogP contribution >= 0.6 is 0 Å².